The molecule has 108 valence electrons. The standard InChI is InChI=1S/C16H14O4S/c1-21-12-6-2-10(3-7-12)13(17)8-4-11-5-9-14(18)16(20)15(11)19/h2-9,18-20H,1H3/b8-4+. The van der Waals surface area contributed by atoms with Crippen molar-refractivity contribution in [3.05, 3.63) is 53.6 Å². The summed E-state index contributed by atoms with van der Waals surface area (Å²) in [7, 11) is 0. The van der Waals surface area contributed by atoms with Gasteiger partial charge in [-0.2, -0.15) is 0 Å². The molecule has 0 fully saturated rings. The molecule has 2 rings (SSSR count). The predicted molar refractivity (Wildman–Crippen MR) is 83.0 cm³/mol. The summed E-state index contributed by atoms with van der Waals surface area (Å²) in [6.07, 6.45) is 4.65. The Morgan fingerprint density at radius 3 is 2.29 bits per heavy atom. The molecule has 0 bridgehead atoms. The lowest BCUT2D eigenvalue weighted by Crippen LogP contribution is -1.93. The molecule has 21 heavy (non-hydrogen) atoms. The van der Waals surface area contributed by atoms with Crippen molar-refractivity contribution in [1.29, 1.82) is 0 Å². The van der Waals surface area contributed by atoms with Crippen LogP contribution >= 0.6 is 11.8 Å². The molecule has 2 aromatic carbocycles. The molecule has 0 aliphatic carbocycles. The van der Waals surface area contributed by atoms with Gasteiger partial charge in [0, 0.05) is 16.0 Å². The minimum absolute atomic E-state index is 0.213. The maximum atomic E-state index is 12.0. The molecule has 0 aromatic heterocycles. The van der Waals surface area contributed by atoms with E-state index in [9.17, 15) is 20.1 Å². The maximum absolute atomic E-state index is 12.0. The van der Waals surface area contributed by atoms with Crippen molar-refractivity contribution in [1.82, 2.24) is 0 Å². The van der Waals surface area contributed by atoms with E-state index in [2.05, 4.69) is 0 Å². The van der Waals surface area contributed by atoms with E-state index in [1.807, 2.05) is 18.4 Å². The van der Waals surface area contributed by atoms with Gasteiger partial charge in [0.25, 0.3) is 0 Å². The molecule has 0 heterocycles. The fraction of sp³-hybridized carbons (Fsp3) is 0.0625. The summed E-state index contributed by atoms with van der Waals surface area (Å²) < 4.78 is 0. The molecule has 0 spiro atoms. The van der Waals surface area contributed by atoms with E-state index in [0.29, 0.717) is 5.56 Å². The van der Waals surface area contributed by atoms with Crippen molar-refractivity contribution < 1.29 is 20.1 Å². The molecular formula is C16H14O4S. The number of hydrogen-bond donors (Lipinski definition) is 3. The van der Waals surface area contributed by atoms with Gasteiger partial charge in [0.2, 0.25) is 5.75 Å². The molecule has 3 N–H and O–H groups in total. The summed E-state index contributed by atoms with van der Waals surface area (Å²) in [4.78, 5) is 13.1. The Morgan fingerprint density at radius 2 is 1.67 bits per heavy atom. The highest BCUT2D eigenvalue weighted by atomic mass is 32.2. The number of phenols is 3. The van der Waals surface area contributed by atoms with Crippen molar-refractivity contribution >= 4 is 23.6 Å². The van der Waals surface area contributed by atoms with E-state index in [4.69, 9.17) is 0 Å². The van der Waals surface area contributed by atoms with Gasteiger partial charge in [0.1, 0.15) is 0 Å². The average Bonchev–Trinajstić information content (AvgIpc) is 2.52. The number of rotatable bonds is 4. The van der Waals surface area contributed by atoms with Crippen LogP contribution in [0.4, 0.5) is 0 Å². The van der Waals surface area contributed by atoms with Crippen molar-refractivity contribution in [3.63, 3.8) is 0 Å². The molecule has 0 aliphatic heterocycles. The molecular weight excluding hydrogens is 288 g/mol. The SMILES string of the molecule is CSc1ccc(C(=O)/C=C/c2ccc(O)c(O)c2O)cc1. The number of aromatic hydroxyl groups is 3. The van der Waals surface area contributed by atoms with Crippen LogP contribution < -0.4 is 0 Å². The van der Waals surface area contributed by atoms with Gasteiger partial charge in [-0.05, 0) is 54.8 Å². The first-order chi connectivity index (χ1) is 10.0. The van der Waals surface area contributed by atoms with Crippen LogP contribution in [0.1, 0.15) is 15.9 Å². The number of carbonyl (C=O) groups is 1. The first-order valence-corrected chi connectivity index (χ1v) is 7.35. The number of phenolic OH excluding ortho intramolecular Hbond substituents is 3. The van der Waals surface area contributed by atoms with Crippen LogP contribution in [0.2, 0.25) is 0 Å². The average molecular weight is 302 g/mol. The molecule has 4 nitrogen and oxygen atoms in total. The van der Waals surface area contributed by atoms with Crippen LogP contribution in [-0.4, -0.2) is 27.4 Å². The Kier molecular flexibility index (Phi) is 4.55. The zero-order valence-corrected chi connectivity index (χ0v) is 12.1. The quantitative estimate of drug-likeness (QED) is 0.349. The lowest BCUT2D eigenvalue weighted by molar-refractivity contribution is 0.104. The molecule has 5 heteroatoms. The molecule has 0 unspecified atom stereocenters. The summed E-state index contributed by atoms with van der Waals surface area (Å²) >= 11 is 1.59. The fourth-order valence-corrected chi connectivity index (χ4v) is 2.14. The molecule has 0 saturated carbocycles. The highest BCUT2D eigenvalue weighted by molar-refractivity contribution is 7.98. The summed E-state index contributed by atoms with van der Waals surface area (Å²) in [6, 6.07) is 9.82. The number of thioether (sulfide) groups is 1. The monoisotopic (exact) mass is 302 g/mol. The van der Waals surface area contributed by atoms with Gasteiger partial charge in [-0.1, -0.05) is 0 Å². The van der Waals surface area contributed by atoms with Crippen LogP contribution in [-0.2, 0) is 0 Å². The van der Waals surface area contributed by atoms with E-state index in [-0.39, 0.29) is 11.3 Å². The second kappa shape index (κ2) is 6.37. The number of benzene rings is 2. The third-order valence-corrected chi connectivity index (χ3v) is 3.69. The predicted octanol–water partition coefficient (Wildman–Crippen LogP) is 3.42. The topological polar surface area (TPSA) is 77.8 Å². The lowest BCUT2D eigenvalue weighted by Gasteiger charge is -2.03. The fourth-order valence-electron chi connectivity index (χ4n) is 1.74. The second-order valence-electron chi connectivity index (χ2n) is 4.30. The van der Waals surface area contributed by atoms with Crippen LogP contribution in [0, 0.1) is 0 Å². The summed E-state index contributed by atoms with van der Waals surface area (Å²) in [5.41, 5.74) is 0.783. The zero-order chi connectivity index (χ0) is 15.4. The minimum atomic E-state index is -0.603. The van der Waals surface area contributed by atoms with Gasteiger partial charge < -0.3 is 15.3 Å². The molecule has 0 radical (unpaired) electrons. The van der Waals surface area contributed by atoms with Crippen LogP contribution in [0.25, 0.3) is 6.08 Å². The van der Waals surface area contributed by atoms with Gasteiger partial charge in [0.05, 0.1) is 0 Å². The van der Waals surface area contributed by atoms with Crippen molar-refractivity contribution in [2.24, 2.45) is 0 Å². The number of allylic oxidation sites excluding steroid dienone is 1. The maximum Gasteiger partial charge on any atom is 0.200 e. The molecule has 0 aliphatic rings. The second-order valence-corrected chi connectivity index (χ2v) is 5.18. The number of ketones is 1. The summed E-state index contributed by atoms with van der Waals surface area (Å²) in [6.45, 7) is 0. The first kappa shape index (κ1) is 15.0. The highest BCUT2D eigenvalue weighted by Crippen LogP contribution is 2.37. The molecule has 0 atom stereocenters. The summed E-state index contributed by atoms with van der Waals surface area (Å²) in [5, 5.41) is 28.3. The van der Waals surface area contributed by atoms with Crippen LogP contribution in [0.3, 0.4) is 0 Å². The smallest absolute Gasteiger partial charge is 0.200 e. The van der Waals surface area contributed by atoms with Gasteiger partial charge in [0.15, 0.2) is 17.3 Å². The molecule has 0 amide bonds. The number of carbonyl (C=O) groups excluding carboxylic acids is 1. The van der Waals surface area contributed by atoms with Gasteiger partial charge in [-0.15, -0.1) is 11.8 Å². The normalized spacial score (nSPS) is 10.9. The Morgan fingerprint density at radius 1 is 1.00 bits per heavy atom. The van der Waals surface area contributed by atoms with E-state index in [1.54, 1.807) is 23.9 Å². The Bertz CT molecular complexity index is 690. The van der Waals surface area contributed by atoms with Crippen molar-refractivity contribution in [3.8, 4) is 17.2 Å². The largest absolute Gasteiger partial charge is 0.504 e. The van der Waals surface area contributed by atoms with Crippen molar-refractivity contribution in [2.75, 3.05) is 6.26 Å². The summed E-state index contributed by atoms with van der Waals surface area (Å²) in [5.74, 6) is -1.69. The van der Waals surface area contributed by atoms with Crippen LogP contribution in [0.15, 0.2) is 47.4 Å². The zero-order valence-electron chi connectivity index (χ0n) is 11.3. The Balaban J connectivity index is 2.20. The third kappa shape index (κ3) is 3.38. The number of hydrogen-bond acceptors (Lipinski definition) is 5. The highest BCUT2D eigenvalue weighted by Gasteiger charge is 2.09. The van der Waals surface area contributed by atoms with Gasteiger partial charge >= 0.3 is 0 Å². The van der Waals surface area contributed by atoms with Crippen molar-refractivity contribution in [2.45, 2.75) is 4.90 Å². The third-order valence-electron chi connectivity index (χ3n) is 2.95. The molecule has 0 saturated heterocycles. The first-order valence-electron chi connectivity index (χ1n) is 6.13. The molecule has 2 aromatic rings. The van der Waals surface area contributed by atoms with Gasteiger partial charge in [-0.25, -0.2) is 0 Å². The van der Waals surface area contributed by atoms with Crippen LogP contribution in [0.5, 0.6) is 17.2 Å². The Hall–Kier alpha value is -2.40. The van der Waals surface area contributed by atoms with E-state index < -0.39 is 17.2 Å². The Labute approximate surface area is 126 Å². The lowest BCUT2D eigenvalue weighted by atomic mass is 10.1. The van der Waals surface area contributed by atoms with Gasteiger partial charge in [-0.3, -0.25) is 4.79 Å². The minimum Gasteiger partial charge on any atom is -0.504 e. The van der Waals surface area contributed by atoms with E-state index in [0.717, 1.165) is 4.90 Å². The van der Waals surface area contributed by atoms with E-state index in [1.165, 1.54) is 24.3 Å². The van der Waals surface area contributed by atoms with E-state index >= 15 is 0 Å².